The molecule has 8 heteroatoms. The highest BCUT2D eigenvalue weighted by atomic mass is 32.2. The quantitative estimate of drug-likeness (QED) is 0.553. The molecule has 1 fully saturated rings. The van der Waals surface area contributed by atoms with Crippen LogP contribution < -0.4 is 9.47 Å². The average molecular weight is 412 g/mol. The Morgan fingerprint density at radius 1 is 1.10 bits per heavy atom. The van der Waals surface area contributed by atoms with Crippen molar-refractivity contribution in [2.45, 2.75) is 0 Å². The van der Waals surface area contributed by atoms with Crippen molar-refractivity contribution in [2.75, 3.05) is 27.3 Å². The van der Waals surface area contributed by atoms with Crippen LogP contribution in [0.3, 0.4) is 0 Å². The lowest BCUT2D eigenvalue weighted by atomic mass is 10.2. The molecule has 0 bridgehead atoms. The second-order valence-electron chi connectivity index (χ2n) is 6.04. The van der Waals surface area contributed by atoms with E-state index >= 15 is 0 Å². The number of hydrogen-bond acceptors (Lipinski definition) is 7. The highest BCUT2D eigenvalue weighted by Gasteiger charge is 2.34. The first-order chi connectivity index (χ1) is 14.0. The van der Waals surface area contributed by atoms with E-state index in [0.717, 1.165) is 23.1 Å². The van der Waals surface area contributed by atoms with Crippen molar-refractivity contribution < 1.29 is 24.2 Å². The number of aliphatic imine (C=N–C) groups is 1. The lowest BCUT2D eigenvalue weighted by Crippen LogP contribution is -2.30. The molecular formula is C21H20N2O5S. The summed E-state index contributed by atoms with van der Waals surface area (Å²) >= 11 is 0.907. The van der Waals surface area contributed by atoms with Crippen molar-refractivity contribution >= 4 is 35.2 Å². The minimum Gasteiger partial charge on any atom is -0.504 e. The normalized spacial score (nSPS) is 15.5. The van der Waals surface area contributed by atoms with E-state index in [2.05, 4.69) is 4.99 Å². The van der Waals surface area contributed by atoms with Gasteiger partial charge in [-0.25, -0.2) is 0 Å². The zero-order valence-electron chi connectivity index (χ0n) is 16.0. The van der Waals surface area contributed by atoms with Crippen LogP contribution in [0.1, 0.15) is 11.1 Å². The zero-order valence-corrected chi connectivity index (χ0v) is 16.8. The number of nitrogens with zero attached hydrogens (tertiary/aromatic N) is 2. The molecule has 0 unspecified atom stereocenters. The van der Waals surface area contributed by atoms with Crippen LogP contribution in [0.2, 0.25) is 0 Å². The number of carbonyl (C=O) groups excluding carboxylic acids is 2. The Morgan fingerprint density at radius 3 is 2.55 bits per heavy atom. The van der Waals surface area contributed by atoms with Gasteiger partial charge in [0, 0.05) is 18.3 Å². The van der Waals surface area contributed by atoms with E-state index < -0.39 is 0 Å². The predicted octanol–water partition coefficient (Wildman–Crippen LogP) is 3.56. The fourth-order valence-corrected chi connectivity index (χ4v) is 3.54. The SMILES string of the molecule is COc1ccc(/C=C2\SC(=O)N(CCN=Cc3cccc(OC)c3O)C2=O)cc1. The van der Waals surface area contributed by atoms with Gasteiger partial charge in [0.1, 0.15) is 5.75 Å². The van der Waals surface area contributed by atoms with Crippen LogP contribution in [0.5, 0.6) is 17.2 Å². The third-order valence-electron chi connectivity index (χ3n) is 4.22. The molecule has 0 aromatic heterocycles. The maximum absolute atomic E-state index is 12.5. The maximum Gasteiger partial charge on any atom is 0.293 e. The van der Waals surface area contributed by atoms with Crippen LogP contribution in [0.4, 0.5) is 4.79 Å². The molecule has 2 amide bonds. The highest BCUT2D eigenvalue weighted by Crippen LogP contribution is 2.32. The van der Waals surface area contributed by atoms with Gasteiger partial charge in [0.25, 0.3) is 11.1 Å². The van der Waals surface area contributed by atoms with Gasteiger partial charge in [-0.05, 0) is 47.7 Å². The Balaban J connectivity index is 1.62. The van der Waals surface area contributed by atoms with Gasteiger partial charge in [-0.1, -0.05) is 18.2 Å². The monoisotopic (exact) mass is 412 g/mol. The number of carbonyl (C=O) groups is 2. The Labute approximate surface area is 172 Å². The number of ether oxygens (including phenoxy) is 2. The second kappa shape index (κ2) is 9.29. The lowest BCUT2D eigenvalue weighted by Gasteiger charge is -2.10. The van der Waals surface area contributed by atoms with E-state index in [4.69, 9.17) is 9.47 Å². The predicted molar refractivity (Wildman–Crippen MR) is 113 cm³/mol. The van der Waals surface area contributed by atoms with Gasteiger partial charge in [-0.15, -0.1) is 0 Å². The number of para-hydroxylation sites is 1. The largest absolute Gasteiger partial charge is 0.504 e. The van der Waals surface area contributed by atoms with Crippen molar-refractivity contribution in [3.8, 4) is 17.2 Å². The molecule has 2 aromatic rings. The van der Waals surface area contributed by atoms with Gasteiger partial charge >= 0.3 is 0 Å². The molecule has 1 N–H and O–H groups in total. The van der Waals surface area contributed by atoms with Crippen LogP contribution in [0.25, 0.3) is 6.08 Å². The van der Waals surface area contributed by atoms with Gasteiger partial charge in [0.15, 0.2) is 11.5 Å². The smallest absolute Gasteiger partial charge is 0.293 e. The van der Waals surface area contributed by atoms with Crippen LogP contribution in [-0.4, -0.2) is 54.7 Å². The molecule has 0 spiro atoms. The third kappa shape index (κ3) is 4.78. The van der Waals surface area contributed by atoms with Crippen molar-refractivity contribution in [2.24, 2.45) is 4.99 Å². The number of methoxy groups -OCH3 is 2. The summed E-state index contributed by atoms with van der Waals surface area (Å²) in [6, 6.07) is 12.3. The van der Waals surface area contributed by atoms with E-state index in [-0.39, 0.29) is 30.0 Å². The topological polar surface area (TPSA) is 88.4 Å². The molecule has 1 saturated heterocycles. The highest BCUT2D eigenvalue weighted by molar-refractivity contribution is 8.18. The summed E-state index contributed by atoms with van der Waals surface area (Å²) in [5.41, 5.74) is 1.31. The summed E-state index contributed by atoms with van der Waals surface area (Å²) in [6.07, 6.45) is 3.17. The van der Waals surface area contributed by atoms with Crippen LogP contribution in [0, 0.1) is 0 Å². The number of hydrogen-bond donors (Lipinski definition) is 1. The maximum atomic E-state index is 12.5. The number of thioether (sulfide) groups is 1. The number of amides is 2. The average Bonchev–Trinajstić information content (AvgIpc) is 3.00. The van der Waals surface area contributed by atoms with Crippen molar-refractivity contribution in [3.63, 3.8) is 0 Å². The number of phenolic OH excluding ortho intramolecular Hbond substituents is 1. The standard InChI is InChI=1S/C21H20N2O5S/c1-27-16-8-6-14(7-9-16)12-18-20(25)23(21(26)29-18)11-10-22-13-15-4-3-5-17(28-2)19(15)24/h3-9,12-13,24H,10-11H2,1-2H3/b18-12-,22-13?. The molecule has 0 saturated carbocycles. The van der Waals surface area contributed by atoms with Crippen molar-refractivity contribution in [1.82, 2.24) is 4.90 Å². The molecule has 1 aliphatic heterocycles. The summed E-state index contributed by atoms with van der Waals surface area (Å²) in [4.78, 5) is 30.5. The fraction of sp³-hybridized carbons (Fsp3) is 0.190. The molecule has 1 heterocycles. The van der Waals surface area contributed by atoms with Crippen LogP contribution in [-0.2, 0) is 4.79 Å². The Hall–Kier alpha value is -3.26. The molecular weight excluding hydrogens is 392 g/mol. The van der Waals surface area contributed by atoms with Gasteiger partial charge < -0.3 is 14.6 Å². The number of imide groups is 1. The first-order valence-electron chi connectivity index (χ1n) is 8.78. The first-order valence-corrected chi connectivity index (χ1v) is 9.60. The Kier molecular flexibility index (Phi) is 6.56. The minimum atomic E-state index is -0.338. The Morgan fingerprint density at radius 2 is 1.86 bits per heavy atom. The van der Waals surface area contributed by atoms with Crippen molar-refractivity contribution in [1.29, 1.82) is 0 Å². The molecule has 0 radical (unpaired) electrons. The minimum absolute atomic E-state index is 0.00709. The number of rotatable bonds is 7. The molecule has 7 nitrogen and oxygen atoms in total. The molecule has 29 heavy (non-hydrogen) atoms. The van der Waals surface area contributed by atoms with Gasteiger partial charge in [-0.2, -0.15) is 0 Å². The number of aromatic hydroxyl groups is 1. The zero-order chi connectivity index (χ0) is 20.8. The Bertz CT molecular complexity index is 970. The first kappa shape index (κ1) is 20.5. The second-order valence-corrected chi connectivity index (χ2v) is 7.03. The fourth-order valence-electron chi connectivity index (χ4n) is 2.67. The summed E-state index contributed by atoms with van der Waals surface area (Å²) in [7, 11) is 3.05. The van der Waals surface area contributed by atoms with Gasteiger partial charge in [0.05, 0.1) is 25.7 Å². The molecule has 0 aliphatic carbocycles. The van der Waals surface area contributed by atoms with Crippen LogP contribution >= 0.6 is 11.8 Å². The van der Waals surface area contributed by atoms with E-state index in [0.29, 0.717) is 16.2 Å². The summed E-state index contributed by atoms with van der Waals surface area (Å²) in [5.74, 6) is 0.723. The summed E-state index contributed by atoms with van der Waals surface area (Å²) in [5, 5.41) is 9.71. The summed E-state index contributed by atoms with van der Waals surface area (Å²) < 4.78 is 10.2. The number of benzene rings is 2. The third-order valence-corrected chi connectivity index (χ3v) is 5.13. The van der Waals surface area contributed by atoms with Gasteiger partial charge in [0.2, 0.25) is 0 Å². The van der Waals surface area contributed by atoms with E-state index in [1.807, 2.05) is 12.1 Å². The van der Waals surface area contributed by atoms with Crippen LogP contribution in [0.15, 0.2) is 52.4 Å². The molecule has 1 aliphatic rings. The molecule has 0 atom stereocenters. The van der Waals surface area contributed by atoms with Crippen molar-refractivity contribution in [3.05, 3.63) is 58.5 Å². The van der Waals surface area contributed by atoms with Gasteiger partial charge in [-0.3, -0.25) is 19.5 Å². The van der Waals surface area contributed by atoms with E-state index in [1.54, 1.807) is 43.5 Å². The lowest BCUT2D eigenvalue weighted by molar-refractivity contribution is -0.122. The number of phenols is 1. The van der Waals surface area contributed by atoms with E-state index in [1.165, 1.54) is 18.2 Å². The molecule has 3 rings (SSSR count). The molecule has 150 valence electrons. The molecule has 2 aromatic carbocycles. The van der Waals surface area contributed by atoms with E-state index in [9.17, 15) is 14.7 Å². The summed E-state index contributed by atoms with van der Waals surface area (Å²) in [6.45, 7) is 0.385.